The van der Waals surface area contributed by atoms with E-state index >= 15 is 0 Å². The van der Waals surface area contributed by atoms with Gasteiger partial charge in [0.1, 0.15) is 23.2 Å². The summed E-state index contributed by atoms with van der Waals surface area (Å²) in [6.45, 7) is 11.7. The largest absolute Gasteiger partial charge is 0.508 e. The molecule has 1 aliphatic rings. The highest BCUT2D eigenvalue weighted by atomic mass is 19.4. The normalized spacial score (nSPS) is 13.6. The number of halogens is 4. The lowest BCUT2D eigenvalue weighted by Crippen LogP contribution is -2.29. The van der Waals surface area contributed by atoms with Crippen LogP contribution in [0.2, 0.25) is 0 Å². The van der Waals surface area contributed by atoms with Crippen LogP contribution in [-0.2, 0) is 0 Å². The Morgan fingerprint density at radius 2 is 1.88 bits per heavy atom. The Hall–Kier alpha value is -4.90. The van der Waals surface area contributed by atoms with E-state index in [1.54, 1.807) is 6.08 Å². The minimum atomic E-state index is -4.75. The first-order chi connectivity index (χ1) is 19.2. The highest BCUT2D eigenvalue weighted by Gasteiger charge is 2.35. The summed E-state index contributed by atoms with van der Waals surface area (Å²) in [5.74, 6) is 2.53. The summed E-state index contributed by atoms with van der Waals surface area (Å²) in [6, 6.07) is 6.29. The van der Waals surface area contributed by atoms with Gasteiger partial charge in [0.25, 0.3) is 11.8 Å². The van der Waals surface area contributed by atoms with Crippen LogP contribution in [0.25, 0.3) is 10.9 Å². The Labute approximate surface area is 235 Å². The number of carbonyl (C=O) groups is 2. The number of pyridine rings is 1. The molecule has 1 aromatic carbocycles. The van der Waals surface area contributed by atoms with Crippen LogP contribution in [0.1, 0.15) is 61.9 Å². The number of alkyl halides is 3. The number of hydrogen-bond acceptors (Lipinski definition) is 5. The summed E-state index contributed by atoms with van der Waals surface area (Å²) in [5, 5.41) is 20.3. The average Bonchev–Trinajstić information content (AvgIpc) is 3.11. The van der Waals surface area contributed by atoms with Gasteiger partial charge in [-0.3, -0.25) is 9.59 Å². The first-order valence-corrected chi connectivity index (χ1v) is 12.4. The van der Waals surface area contributed by atoms with Gasteiger partial charge >= 0.3 is 6.18 Å². The lowest BCUT2D eigenvalue weighted by Gasteiger charge is -2.17. The van der Waals surface area contributed by atoms with E-state index in [2.05, 4.69) is 28.7 Å². The second-order valence-electron chi connectivity index (χ2n) is 8.36. The number of allylic oxidation sites excluding steroid dienone is 5. The van der Waals surface area contributed by atoms with Crippen molar-refractivity contribution < 1.29 is 32.3 Å². The van der Waals surface area contributed by atoms with Crippen LogP contribution in [0.3, 0.4) is 0 Å². The third-order valence-corrected chi connectivity index (χ3v) is 5.31. The Kier molecular flexibility index (Phi) is 12.5. The molecular weight excluding hydrogens is 540 g/mol. The Morgan fingerprint density at radius 1 is 1.24 bits per heavy atom. The number of aliphatic hydroxyl groups excluding tert-OH is 1. The van der Waals surface area contributed by atoms with E-state index in [4.69, 9.17) is 11.0 Å². The smallest absolute Gasteiger partial charge is 0.417 e. The van der Waals surface area contributed by atoms with Gasteiger partial charge in [0, 0.05) is 17.0 Å². The summed E-state index contributed by atoms with van der Waals surface area (Å²) < 4.78 is 52.4. The number of carbonyl (C=O) groups excluding carboxylic acids is 2. The molecule has 3 rings (SSSR count). The van der Waals surface area contributed by atoms with E-state index in [0.717, 1.165) is 30.2 Å². The molecule has 4 N–H and O–H groups in total. The molecule has 2 amide bonds. The minimum absolute atomic E-state index is 0.0372. The minimum Gasteiger partial charge on any atom is -0.508 e. The lowest BCUT2D eigenvalue weighted by molar-refractivity contribution is -0.0894. The van der Waals surface area contributed by atoms with Gasteiger partial charge in [-0.2, -0.15) is 18.4 Å². The van der Waals surface area contributed by atoms with Crippen molar-refractivity contribution in [2.24, 2.45) is 11.7 Å². The van der Waals surface area contributed by atoms with Crippen molar-refractivity contribution in [3.8, 4) is 17.9 Å². The van der Waals surface area contributed by atoms with Gasteiger partial charge < -0.3 is 16.2 Å². The molecular formula is C30H30F4N4O3. The number of benzene rings is 1. The number of nitrogens with two attached hydrogens (primary N) is 1. The highest BCUT2D eigenvalue weighted by Crippen LogP contribution is 2.30. The van der Waals surface area contributed by atoms with Crippen LogP contribution >= 0.6 is 0 Å². The molecule has 1 unspecified atom stereocenters. The lowest BCUT2D eigenvalue weighted by atomic mass is 10.0. The molecule has 7 nitrogen and oxygen atoms in total. The third-order valence-electron chi connectivity index (χ3n) is 5.31. The Balaban J connectivity index is 0.000000500. The van der Waals surface area contributed by atoms with Crippen molar-refractivity contribution in [1.82, 2.24) is 10.3 Å². The summed E-state index contributed by atoms with van der Waals surface area (Å²) in [5.41, 5.74) is 3.86. The second kappa shape index (κ2) is 15.0. The van der Waals surface area contributed by atoms with Crippen LogP contribution in [0.4, 0.5) is 17.6 Å². The fourth-order valence-corrected chi connectivity index (χ4v) is 3.29. The van der Waals surface area contributed by atoms with Crippen molar-refractivity contribution in [2.45, 2.75) is 47.2 Å². The van der Waals surface area contributed by atoms with E-state index < -0.39 is 41.0 Å². The van der Waals surface area contributed by atoms with Crippen molar-refractivity contribution >= 4 is 22.7 Å². The molecule has 216 valence electrons. The maximum atomic E-state index is 13.5. The van der Waals surface area contributed by atoms with Crippen LogP contribution in [-0.4, -0.2) is 28.1 Å². The fraction of sp³-hybridized carbons (Fsp3) is 0.267. The fourth-order valence-electron chi connectivity index (χ4n) is 3.29. The molecule has 0 radical (unpaired) electrons. The molecule has 1 aromatic heterocycles. The number of nitrogens with one attached hydrogen (secondary N) is 1. The molecule has 0 bridgehead atoms. The Morgan fingerprint density at radius 3 is 2.39 bits per heavy atom. The van der Waals surface area contributed by atoms with E-state index in [-0.39, 0.29) is 33.5 Å². The van der Waals surface area contributed by atoms with E-state index in [0.29, 0.717) is 0 Å². The molecule has 0 saturated heterocycles. The Bertz CT molecular complexity index is 1530. The van der Waals surface area contributed by atoms with E-state index in [9.17, 15) is 32.3 Å². The standard InChI is InChI=1S/C18H15F4N3O2.C10H9NO.C2H6/c1-8(2)15(9(3)18(20,21)22)25-17(27)12-7-14(16(23)26)24-13-6-10(19)4-5-11(12)13;1-2-9-5-3-4-8(7-11)6-10(9)12;1-2/h4-7H,3H2,1-2H3,(H2,23,26)(H,25,27);5-6,8,12H,2H2,1H3;1-2H3. The van der Waals surface area contributed by atoms with Crippen molar-refractivity contribution in [3.63, 3.8) is 0 Å². The molecule has 41 heavy (non-hydrogen) atoms. The molecule has 11 heteroatoms. The monoisotopic (exact) mass is 570 g/mol. The number of hydrogen-bond donors (Lipinski definition) is 3. The summed E-state index contributed by atoms with van der Waals surface area (Å²) in [7, 11) is 0. The van der Waals surface area contributed by atoms with Crippen LogP contribution in [0, 0.1) is 34.9 Å². The van der Waals surface area contributed by atoms with Gasteiger partial charge in [0.2, 0.25) is 0 Å². The molecule has 1 aliphatic carbocycles. The van der Waals surface area contributed by atoms with Gasteiger partial charge in [0.05, 0.1) is 28.4 Å². The van der Waals surface area contributed by atoms with Crippen LogP contribution in [0.5, 0.6) is 0 Å². The number of nitrogens with zero attached hydrogens (tertiary/aromatic N) is 2. The van der Waals surface area contributed by atoms with E-state index in [1.165, 1.54) is 26.0 Å². The maximum absolute atomic E-state index is 13.5. The molecule has 0 fully saturated rings. The quantitative estimate of drug-likeness (QED) is 0.213. The predicted molar refractivity (Wildman–Crippen MR) is 149 cm³/mol. The zero-order valence-corrected chi connectivity index (χ0v) is 23.2. The van der Waals surface area contributed by atoms with Gasteiger partial charge in [-0.1, -0.05) is 44.8 Å². The molecule has 0 saturated carbocycles. The summed E-state index contributed by atoms with van der Waals surface area (Å²) >= 11 is 0. The number of nitriles is 1. The SMILES string of the molecule is C=C(C(NC(=O)c1cc(C(N)=O)nc2cc(F)ccc12)=C(C)C)C(F)(F)F.CC.CCC1=CC#CC(C#N)C=C1O. The van der Waals surface area contributed by atoms with Crippen LogP contribution in [0.15, 0.2) is 71.2 Å². The highest BCUT2D eigenvalue weighted by molar-refractivity contribution is 6.09. The van der Waals surface area contributed by atoms with Crippen molar-refractivity contribution in [2.75, 3.05) is 0 Å². The molecule has 0 spiro atoms. The van der Waals surface area contributed by atoms with Gasteiger partial charge in [-0.25, -0.2) is 9.37 Å². The number of primary amides is 1. The summed E-state index contributed by atoms with van der Waals surface area (Å²) in [6.07, 6.45) is -0.880. The predicted octanol–water partition coefficient (Wildman–Crippen LogP) is 6.56. The molecule has 1 heterocycles. The van der Waals surface area contributed by atoms with Gasteiger partial charge in [-0.05, 0) is 50.6 Å². The first kappa shape index (κ1) is 34.1. The van der Waals surface area contributed by atoms with Crippen molar-refractivity contribution in [1.29, 1.82) is 5.26 Å². The zero-order chi connectivity index (χ0) is 31.5. The maximum Gasteiger partial charge on any atom is 0.417 e. The third kappa shape index (κ3) is 9.36. The number of aliphatic hydroxyl groups is 1. The molecule has 1 atom stereocenters. The summed E-state index contributed by atoms with van der Waals surface area (Å²) in [4.78, 5) is 27.9. The van der Waals surface area contributed by atoms with Crippen molar-refractivity contribution in [3.05, 3.63) is 88.2 Å². The zero-order valence-electron chi connectivity index (χ0n) is 23.2. The number of rotatable bonds is 5. The number of fused-ring (bicyclic) bond motifs is 1. The molecule has 2 aromatic rings. The van der Waals surface area contributed by atoms with Gasteiger partial charge in [0.15, 0.2) is 0 Å². The second-order valence-corrected chi connectivity index (χ2v) is 8.36. The first-order valence-electron chi connectivity index (χ1n) is 12.4. The number of amides is 2. The number of aromatic nitrogens is 1. The van der Waals surface area contributed by atoms with Gasteiger partial charge in [-0.15, -0.1) is 0 Å². The van der Waals surface area contributed by atoms with E-state index in [1.807, 2.05) is 26.8 Å². The van der Waals surface area contributed by atoms with Crippen LogP contribution < -0.4 is 11.1 Å². The molecule has 0 aliphatic heterocycles. The average molecular weight is 571 g/mol. The topological polar surface area (TPSA) is 129 Å².